The Hall–Kier alpha value is -1.08. The molecule has 0 spiro atoms. The molecule has 1 rings (SSSR count). The highest BCUT2D eigenvalue weighted by atomic mass is 19.1. The van der Waals surface area contributed by atoms with Crippen LogP contribution in [-0.4, -0.2) is 12.6 Å². The molecule has 78 valence electrons. The minimum Gasteiger partial charge on any atom is -0.460 e. The molecule has 1 aliphatic carbocycles. The highest BCUT2D eigenvalue weighted by Gasteiger charge is 2.10. The van der Waals surface area contributed by atoms with Gasteiger partial charge in [0.05, 0.1) is 6.61 Å². The van der Waals surface area contributed by atoms with Gasteiger partial charge in [-0.25, -0.2) is 4.79 Å². The molecule has 2 nitrogen and oxygen atoms in total. The third kappa shape index (κ3) is 3.35. The van der Waals surface area contributed by atoms with Crippen LogP contribution in [0.15, 0.2) is 17.1 Å². The molecule has 1 saturated carbocycles. The predicted molar refractivity (Wildman–Crippen MR) is 51.4 cm³/mol. The van der Waals surface area contributed by atoms with Crippen LogP contribution in [-0.2, 0) is 9.53 Å². The molecule has 3 heteroatoms. The van der Waals surface area contributed by atoms with Gasteiger partial charge in [0.25, 0.3) is 0 Å². The van der Waals surface area contributed by atoms with Crippen molar-refractivity contribution < 1.29 is 13.9 Å². The van der Waals surface area contributed by atoms with Gasteiger partial charge in [0.2, 0.25) is 5.83 Å². The highest BCUT2D eigenvalue weighted by Crippen LogP contribution is 2.22. The van der Waals surface area contributed by atoms with Gasteiger partial charge in [0, 0.05) is 0 Å². The van der Waals surface area contributed by atoms with E-state index in [0.29, 0.717) is 0 Å². The summed E-state index contributed by atoms with van der Waals surface area (Å²) in [7, 11) is 0. The average molecular weight is 198 g/mol. The van der Waals surface area contributed by atoms with E-state index in [1.165, 1.54) is 6.42 Å². The van der Waals surface area contributed by atoms with Crippen LogP contribution in [0.5, 0.6) is 0 Å². The summed E-state index contributed by atoms with van der Waals surface area (Å²) in [5.41, 5.74) is 3.40. The fourth-order valence-corrected chi connectivity index (χ4v) is 1.50. The molecule has 0 unspecified atom stereocenters. The Labute approximate surface area is 83.4 Å². The van der Waals surface area contributed by atoms with Crippen molar-refractivity contribution in [3.8, 4) is 0 Å². The van der Waals surface area contributed by atoms with Crippen molar-refractivity contribution in [2.45, 2.75) is 39.0 Å². The Balaban J connectivity index is 2.67. The second-order valence-corrected chi connectivity index (χ2v) is 3.32. The predicted octanol–water partition coefficient (Wildman–Crippen LogP) is 2.89. The minimum absolute atomic E-state index is 0.198. The molecule has 1 aliphatic rings. The summed E-state index contributed by atoms with van der Waals surface area (Å²) in [6.45, 7) is 1.85. The van der Waals surface area contributed by atoms with Crippen molar-refractivity contribution in [2.75, 3.05) is 6.61 Å². The molecular formula is C11H15FO2. The number of carbonyl (C=O) groups excluding carboxylic acids is 1. The first kappa shape index (κ1) is 11.0. The Morgan fingerprint density at radius 1 is 1.43 bits per heavy atom. The topological polar surface area (TPSA) is 26.3 Å². The van der Waals surface area contributed by atoms with Gasteiger partial charge >= 0.3 is 5.97 Å². The van der Waals surface area contributed by atoms with Crippen LogP contribution in [0, 0.1) is 0 Å². The van der Waals surface area contributed by atoms with E-state index < -0.39 is 11.8 Å². The molecule has 0 heterocycles. The first-order valence-electron chi connectivity index (χ1n) is 5.05. The Bertz CT molecular complexity index is 267. The van der Waals surface area contributed by atoms with Crippen molar-refractivity contribution >= 4 is 5.97 Å². The van der Waals surface area contributed by atoms with Crippen LogP contribution in [0.25, 0.3) is 0 Å². The van der Waals surface area contributed by atoms with E-state index in [1.807, 2.05) is 0 Å². The van der Waals surface area contributed by atoms with Crippen LogP contribution >= 0.6 is 0 Å². The van der Waals surface area contributed by atoms with Crippen LogP contribution in [0.1, 0.15) is 39.0 Å². The smallest absolute Gasteiger partial charge is 0.375 e. The molecule has 0 bridgehead atoms. The number of hydrogen-bond acceptors (Lipinski definition) is 2. The normalized spacial score (nSPS) is 16.0. The summed E-state index contributed by atoms with van der Waals surface area (Å²) in [5, 5.41) is 0. The minimum atomic E-state index is -0.898. The molecule has 0 atom stereocenters. The molecule has 14 heavy (non-hydrogen) atoms. The number of ether oxygens (including phenoxy) is 1. The SMILES string of the molecule is CCOC(=O)C(F)=C=C1CCCCC1. The van der Waals surface area contributed by atoms with Gasteiger partial charge < -0.3 is 4.74 Å². The molecule has 0 N–H and O–H groups in total. The molecular weight excluding hydrogens is 183 g/mol. The quantitative estimate of drug-likeness (QED) is 0.387. The Morgan fingerprint density at radius 3 is 2.64 bits per heavy atom. The van der Waals surface area contributed by atoms with Gasteiger partial charge in [-0.2, -0.15) is 4.39 Å². The second-order valence-electron chi connectivity index (χ2n) is 3.32. The maximum atomic E-state index is 13.1. The molecule has 1 fully saturated rings. The Morgan fingerprint density at radius 2 is 2.07 bits per heavy atom. The van der Waals surface area contributed by atoms with Gasteiger partial charge in [0.15, 0.2) is 0 Å². The van der Waals surface area contributed by atoms with Crippen LogP contribution in [0.3, 0.4) is 0 Å². The van der Waals surface area contributed by atoms with Crippen molar-refractivity contribution in [3.63, 3.8) is 0 Å². The lowest BCUT2D eigenvalue weighted by Gasteiger charge is -2.10. The lowest BCUT2D eigenvalue weighted by atomic mass is 9.96. The maximum absolute atomic E-state index is 13.1. The van der Waals surface area contributed by atoms with Crippen molar-refractivity contribution in [1.82, 2.24) is 0 Å². The fourth-order valence-electron chi connectivity index (χ4n) is 1.50. The summed E-state index contributed by atoms with van der Waals surface area (Å²) in [5.74, 6) is -1.78. The summed E-state index contributed by atoms with van der Waals surface area (Å²) >= 11 is 0. The molecule has 0 aromatic rings. The molecule has 0 aliphatic heterocycles. The van der Waals surface area contributed by atoms with Crippen molar-refractivity contribution in [1.29, 1.82) is 0 Å². The largest absolute Gasteiger partial charge is 0.460 e. The van der Waals surface area contributed by atoms with Crippen LogP contribution < -0.4 is 0 Å². The second kappa shape index (κ2) is 5.61. The monoisotopic (exact) mass is 198 g/mol. The zero-order chi connectivity index (χ0) is 10.4. The third-order valence-corrected chi connectivity index (χ3v) is 2.20. The van der Waals surface area contributed by atoms with E-state index in [4.69, 9.17) is 0 Å². The molecule has 0 saturated heterocycles. The zero-order valence-corrected chi connectivity index (χ0v) is 8.44. The van der Waals surface area contributed by atoms with Gasteiger partial charge in [-0.15, -0.1) is 0 Å². The van der Waals surface area contributed by atoms with E-state index in [2.05, 4.69) is 10.5 Å². The summed E-state index contributed by atoms with van der Waals surface area (Å²) in [6.07, 6.45) is 5.03. The van der Waals surface area contributed by atoms with Crippen LogP contribution in [0.4, 0.5) is 4.39 Å². The van der Waals surface area contributed by atoms with E-state index in [9.17, 15) is 9.18 Å². The summed E-state index contributed by atoms with van der Waals surface area (Å²) in [6, 6.07) is 0. The third-order valence-electron chi connectivity index (χ3n) is 2.20. The number of carbonyl (C=O) groups is 1. The van der Waals surface area contributed by atoms with Crippen LogP contribution in [0.2, 0.25) is 0 Å². The van der Waals surface area contributed by atoms with Gasteiger partial charge in [-0.1, -0.05) is 12.2 Å². The molecule has 0 amide bonds. The van der Waals surface area contributed by atoms with E-state index in [-0.39, 0.29) is 6.61 Å². The number of halogens is 1. The van der Waals surface area contributed by atoms with Crippen molar-refractivity contribution in [3.05, 3.63) is 17.1 Å². The number of esters is 1. The number of rotatable bonds is 2. The highest BCUT2D eigenvalue weighted by molar-refractivity contribution is 5.85. The fraction of sp³-hybridized carbons (Fsp3) is 0.636. The summed E-state index contributed by atoms with van der Waals surface area (Å²) < 4.78 is 17.6. The first-order valence-corrected chi connectivity index (χ1v) is 5.05. The summed E-state index contributed by atoms with van der Waals surface area (Å²) in [4.78, 5) is 10.9. The zero-order valence-electron chi connectivity index (χ0n) is 8.44. The van der Waals surface area contributed by atoms with Gasteiger partial charge in [-0.05, 0) is 38.2 Å². The Kier molecular flexibility index (Phi) is 4.41. The van der Waals surface area contributed by atoms with E-state index >= 15 is 0 Å². The van der Waals surface area contributed by atoms with Gasteiger partial charge in [-0.3, -0.25) is 0 Å². The standard InChI is InChI=1S/C11H15FO2/c1-2-14-11(13)10(12)8-9-6-4-3-5-7-9/h2-7H2,1H3. The van der Waals surface area contributed by atoms with Gasteiger partial charge in [0.1, 0.15) is 0 Å². The molecule has 0 aromatic heterocycles. The van der Waals surface area contributed by atoms with Crippen molar-refractivity contribution in [2.24, 2.45) is 0 Å². The first-order chi connectivity index (χ1) is 6.74. The lowest BCUT2D eigenvalue weighted by molar-refractivity contribution is -0.140. The maximum Gasteiger partial charge on any atom is 0.375 e. The average Bonchev–Trinajstić information content (AvgIpc) is 2.19. The molecule has 0 radical (unpaired) electrons. The van der Waals surface area contributed by atoms with E-state index in [1.54, 1.807) is 6.92 Å². The number of hydrogen-bond donors (Lipinski definition) is 0. The molecule has 0 aromatic carbocycles. The lowest BCUT2D eigenvalue weighted by Crippen LogP contribution is -2.04. The van der Waals surface area contributed by atoms with E-state index in [0.717, 1.165) is 31.3 Å².